The number of aromatic nitrogens is 4. The first kappa shape index (κ1) is 16.1. The number of carbonyl (C=O) groups excluding carboxylic acids is 1. The number of aryl methyl sites for hydroxylation is 1. The van der Waals surface area contributed by atoms with Crippen molar-refractivity contribution in [2.24, 2.45) is 5.92 Å². The smallest absolute Gasteiger partial charge is 0.291 e. The summed E-state index contributed by atoms with van der Waals surface area (Å²) in [7, 11) is 0. The first-order valence-corrected chi connectivity index (χ1v) is 10.1. The van der Waals surface area contributed by atoms with Gasteiger partial charge < -0.3 is 10.1 Å². The average molecular weight is 371 g/mol. The number of nitrogens with zero attached hydrogens (tertiary/aromatic N) is 4. The molecule has 0 unspecified atom stereocenters. The summed E-state index contributed by atoms with van der Waals surface area (Å²) in [5.41, 5.74) is 2.09. The van der Waals surface area contributed by atoms with Gasteiger partial charge in [-0.3, -0.25) is 4.79 Å². The summed E-state index contributed by atoms with van der Waals surface area (Å²) in [6.07, 6.45) is 7.18. The molecular formula is C18H21N5O2S. The van der Waals surface area contributed by atoms with Gasteiger partial charge in [-0.05, 0) is 43.6 Å². The van der Waals surface area contributed by atoms with E-state index in [1.807, 2.05) is 0 Å². The van der Waals surface area contributed by atoms with Crippen LogP contribution in [0.3, 0.4) is 0 Å². The van der Waals surface area contributed by atoms with Crippen LogP contribution in [-0.4, -0.2) is 44.7 Å². The Labute approximate surface area is 154 Å². The van der Waals surface area contributed by atoms with Crippen molar-refractivity contribution < 1.29 is 9.53 Å². The molecule has 1 aliphatic heterocycles. The van der Waals surface area contributed by atoms with E-state index in [1.165, 1.54) is 16.9 Å². The van der Waals surface area contributed by atoms with Crippen molar-refractivity contribution in [1.82, 2.24) is 24.9 Å². The van der Waals surface area contributed by atoms with Gasteiger partial charge in [-0.2, -0.15) is 0 Å². The number of hydrogen-bond acceptors (Lipinski definition) is 6. The number of thiophene rings is 1. The Hall–Kier alpha value is -2.06. The van der Waals surface area contributed by atoms with Gasteiger partial charge >= 0.3 is 0 Å². The number of hydrogen-bond donors (Lipinski definition) is 1. The molecule has 7 nitrogen and oxygen atoms in total. The Morgan fingerprint density at radius 2 is 2.38 bits per heavy atom. The molecule has 3 aromatic rings. The normalized spacial score (nSPS) is 22.8. The van der Waals surface area contributed by atoms with Crippen LogP contribution in [-0.2, 0) is 17.6 Å². The van der Waals surface area contributed by atoms with Gasteiger partial charge in [0.1, 0.15) is 11.2 Å². The van der Waals surface area contributed by atoms with Gasteiger partial charge in [0.25, 0.3) is 5.91 Å². The molecule has 1 fully saturated rings. The van der Waals surface area contributed by atoms with E-state index in [2.05, 4.69) is 27.3 Å². The standard InChI is InChI=1S/C18H21N5O2S/c1-10-4-5-13-12(7-10)14-16-21-15(22-23(16)9-20-18(14)26-13)17(24)19-8-11-3-2-6-25-11/h9-11H,2-8H2,1H3,(H,19,24)/t10-,11-/m1/s1. The fraction of sp³-hybridized carbons (Fsp3) is 0.556. The van der Waals surface area contributed by atoms with E-state index in [-0.39, 0.29) is 17.8 Å². The van der Waals surface area contributed by atoms with E-state index in [9.17, 15) is 4.79 Å². The molecule has 1 saturated heterocycles. The van der Waals surface area contributed by atoms with Crippen molar-refractivity contribution in [2.45, 2.75) is 45.1 Å². The molecule has 136 valence electrons. The minimum absolute atomic E-state index is 0.106. The molecule has 1 N–H and O–H groups in total. The summed E-state index contributed by atoms with van der Waals surface area (Å²) in [4.78, 5) is 24.0. The van der Waals surface area contributed by atoms with Gasteiger partial charge in [0.2, 0.25) is 5.82 Å². The first-order chi connectivity index (χ1) is 12.7. The second-order valence-electron chi connectivity index (χ2n) is 7.33. The molecule has 0 aromatic carbocycles. The van der Waals surface area contributed by atoms with Crippen molar-refractivity contribution in [3.8, 4) is 0 Å². The van der Waals surface area contributed by atoms with Crippen LogP contribution < -0.4 is 5.32 Å². The lowest BCUT2D eigenvalue weighted by Gasteiger charge is -2.17. The molecule has 3 aromatic heterocycles. The van der Waals surface area contributed by atoms with Crippen molar-refractivity contribution in [3.05, 3.63) is 22.6 Å². The van der Waals surface area contributed by atoms with Gasteiger partial charge in [-0.1, -0.05) is 6.92 Å². The Morgan fingerprint density at radius 3 is 3.23 bits per heavy atom. The molecule has 4 heterocycles. The largest absolute Gasteiger partial charge is 0.376 e. The van der Waals surface area contributed by atoms with Crippen LogP contribution in [0, 0.1) is 5.92 Å². The van der Waals surface area contributed by atoms with Crippen LogP contribution in [0.2, 0.25) is 0 Å². The Morgan fingerprint density at radius 1 is 1.46 bits per heavy atom. The zero-order valence-corrected chi connectivity index (χ0v) is 15.5. The second-order valence-corrected chi connectivity index (χ2v) is 8.41. The van der Waals surface area contributed by atoms with Crippen molar-refractivity contribution in [1.29, 1.82) is 0 Å². The van der Waals surface area contributed by atoms with E-state index in [0.717, 1.165) is 48.2 Å². The minimum Gasteiger partial charge on any atom is -0.376 e. The molecule has 2 atom stereocenters. The third-order valence-electron chi connectivity index (χ3n) is 5.35. The highest BCUT2D eigenvalue weighted by molar-refractivity contribution is 7.19. The number of ether oxygens (including phenoxy) is 1. The summed E-state index contributed by atoms with van der Waals surface area (Å²) in [6.45, 7) is 3.57. The van der Waals surface area contributed by atoms with Crippen LogP contribution in [0.4, 0.5) is 0 Å². The highest BCUT2D eigenvalue weighted by Gasteiger charge is 2.25. The molecule has 1 amide bonds. The second kappa shape index (κ2) is 6.28. The zero-order valence-electron chi connectivity index (χ0n) is 14.7. The number of rotatable bonds is 3. The lowest BCUT2D eigenvalue weighted by Crippen LogP contribution is -2.32. The van der Waals surface area contributed by atoms with E-state index in [1.54, 1.807) is 22.2 Å². The number of nitrogens with one attached hydrogen (secondary N) is 1. The van der Waals surface area contributed by atoms with Crippen LogP contribution in [0.25, 0.3) is 15.9 Å². The summed E-state index contributed by atoms with van der Waals surface area (Å²) in [5.74, 6) is 0.605. The molecule has 2 aliphatic rings. The van der Waals surface area contributed by atoms with Gasteiger partial charge in [0.15, 0.2) is 5.65 Å². The fourth-order valence-corrected chi connectivity index (χ4v) is 5.11. The predicted octanol–water partition coefficient (Wildman–Crippen LogP) is 2.37. The summed E-state index contributed by atoms with van der Waals surface area (Å²) in [5, 5.41) is 8.32. The van der Waals surface area contributed by atoms with E-state index >= 15 is 0 Å². The Balaban J connectivity index is 1.49. The van der Waals surface area contributed by atoms with Crippen LogP contribution in [0.5, 0.6) is 0 Å². The van der Waals surface area contributed by atoms with Crippen LogP contribution in [0.15, 0.2) is 6.33 Å². The maximum Gasteiger partial charge on any atom is 0.291 e. The quantitative estimate of drug-likeness (QED) is 0.764. The molecule has 8 heteroatoms. The van der Waals surface area contributed by atoms with Crippen molar-refractivity contribution in [2.75, 3.05) is 13.2 Å². The SMILES string of the molecule is C[C@@H]1CCc2sc3ncn4nc(C(=O)NC[C@H]5CCCO5)nc4c3c2C1. The van der Waals surface area contributed by atoms with Gasteiger partial charge in [-0.15, -0.1) is 16.4 Å². The number of fused-ring (bicyclic) bond motifs is 5. The molecule has 0 radical (unpaired) electrons. The first-order valence-electron chi connectivity index (χ1n) is 9.24. The number of amides is 1. The predicted molar refractivity (Wildman–Crippen MR) is 98.7 cm³/mol. The van der Waals surface area contributed by atoms with Gasteiger partial charge in [-0.25, -0.2) is 14.5 Å². The molecule has 5 rings (SSSR count). The van der Waals surface area contributed by atoms with Gasteiger partial charge in [0, 0.05) is 18.0 Å². The number of carbonyl (C=O) groups is 1. The highest BCUT2D eigenvalue weighted by Crippen LogP contribution is 2.38. The maximum absolute atomic E-state index is 12.5. The van der Waals surface area contributed by atoms with E-state index < -0.39 is 0 Å². The van der Waals surface area contributed by atoms with Crippen LogP contribution >= 0.6 is 11.3 Å². The molecule has 0 saturated carbocycles. The molecular weight excluding hydrogens is 350 g/mol. The lowest BCUT2D eigenvalue weighted by molar-refractivity contribution is 0.0849. The van der Waals surface area contributed by atoms with E-state index in [4.69, 9.17) is 4.74 Å². The van der Waals surface area contributed by atoms with Crippen LogP contribution in [0.1, 0.15) is 47.2 Å². The third kappa shape index (κ3) is 2.68. The van der Waals surface area contributed by atoms with Crippen molar-refractivity contribution >= 4 is 33.1 Å². The monoisotopic (exact) mass is 371 g/mol. The van der Waals surface area contributed by atoms with Crippen molar-refractivity contribution in [3.63, 3.8) is 0 Å². The molecule has 26 heavy (non-hydrogen) atoms. The maximum atomic E-state index is 12.5. The van der Waals surface area contributed by atoms with E-state index in [0.29, 0.717) is 12.5 Å². The minimum atomic E-state index is -0.255. The summed E-state index contributed by atoms with van der Waals surface area (Å²) in [6, 6.07) is 0. The fourth-order valence-electron chi connectivity index (χ4n) is 3.93. The third-order valence-corrected chi connectivity index (χ3v) is 6.55. The average Bonchev–Trinajstić information content (AvgIpc) is 3.36. The lowest BCUT2D eigenvalue weighted by atomic mass is 9.89. The summed E-state index contributed by atoms with van der Waals surface area (Å²) < 4.78 is 7.18. The molecule has 1 aliphatic carbocycles. The highest BCUT2D eigenvalue weighted by atomic mass is 32.1. The topological polar surface area (TPSA) is 81.4 Å². The Bertz CT molecular complexity index is 988. The molecule has 0 bridgehead atoms. The Kier molecular flexibility index (Phi) is 3.90. The van der Waals surface area contributed by atoms with Gasteiger partial charge in [0.05, 0.1) is 11.5 Å². The summed E-state index contributed by atoms with van der Waals surface area (Å²) >= 11 is 1.75. The molecule has 0 spiro atoms. The zero-order chi connectivity index (χ0) is 17.7.